The topological polar surface area (TPSA) is 38.8 Å². The molecule has 0 saturated carbocycles. The van der Waals surface area contributed by atoms with Crippen LogP contribution < -0.4 is 4.74 Å². The Morgan fingerprint density at radius 2 is 2.18 bits per heavy atom. The standard InChI is InChI=1S/C18H27NO3/c1-14(2)12-22-16-7-5-6-15(10-16)11-19-9-8-18(3,13-19)17(20)21-4/h5-7,10,14H,8-9,11-13H2,1-4H3. The van der Waals surface area contributed by atoms with Gasteiger partial charge in [-0.25, -0.2) is 0 Å². The fourth-order valence-corrected chi connectivity index (χ4v) is 2.86. The molecular weight excluding hydrogens is 278 g/mol. The number of hydrogen-bond acceptors (Lipinski definition) is 4. The van der Waals surface area contributed by atoms with Gasteiger partial charge in [-0.3, -0.25) is 9.69 Å². The summed E-state index contributed by atoms with van der Waals surface area (Å²) < 4.78 is 10.7. The van der Waals surface area contributed by atoms with Crippen molar-refractivity contribution >= 4 is 5.97 Å². The first kappa shape index (κ1) is 16.8. The quantitative estimate of drug-likeness (QED) is 0.757. The zero-order valence-corrected chi connectivity index (χ0v) is 14.1. The van der Waals surface area contributed by atoms with Crippen LogP contribution in [0.1, 0.15) is 32.8 Å². The fraction of sp³-hybridized carbons (Fsp3) is 0.611. The van der Waals surface area contributed by atoms with Crippen LogP contribution in [0, 0.1) is 11.3 Å². The van der Waals surface area contributed by atoms with Crippen molar-refractivity contribution in [2.45, 2.75) is 33.7 Å². The maximum Gasteiger partial charge on any atom is 0.312 e. The fourth-order valence-electron chi connectivity index (χ4n) is 2.86. The van der Waals surface area contributed by atoms with Gasteiger partial charge in [0.15, 0.2) is 0 Å². The molecule has 4 heteroatoms. The Hall–Kier alpha value is -1.55. The molecule has 1 atom stereocenters. The molecule has 2 rings (SSSR count). The number of hydrogen-bond donors (Lipinski definition) is 0. The maximum atomic E-state index is 11.9. The van der Waals surface area contributed by atoms with Gasteiger partial charge in [-0.2, -0.15) is 0 Å². The van der Waals surface area contributed by atoms with Crippen molar-refractivity contribution in [1.29, 1.82) is 0 Å². The largest absolute Gasteiger partial charge is 0.493 e. The van der Waals surface area contributed by atoms with Crippen molar-refractivity contribution in [3.8, 4) is 5.75 Å². The monoisotopic (exact) mass is 305 g/mol. The van der Waals surface area contributed by atoms with Crippen molar-refractivity contribution in [1.82, 2.24) is 4.90 Å². The van der Waals surface area contributed by atoms with E-state index in [1.807, 2.05) is 19.1 Å². The summed E-state index contributed by atoms with van der Waals surface area (Å²) in [6.45, 7) is 9.50. The van der Waals surface area contributed by atoms with Crippen molar-refractivity contribution in [3.05, 3.63) is 29.8 Å². The van der Waals surface area contributed by atoms with E-state index in [1.54, 1.807) is 0 Å². The molecule has 22 heavy (non-hydrogen) atoms. The second-order valence-electron chi connectivity index (χ2n) is 6.87. The average molecular weight is 305 g/mol. The van der Waals surface area contributed by atoms with E-state index in [4.69, 9.17) is 9.47 Å². The van der Waals surface area contributed by atoms with Gasteiger partial charge in [0.05, 0.1) is 19.1 Å². The molecule has 1 aliphatic rings. The normalized spacial score (nSPS) is 22.0. The predicted molar refractivity (Wildman–Crippen MR) is 86.8 cm³/mol. The van der Waals surface area contributed by atoms with Gasteiger partial charge in [0, 0.05) is 13.1 Å². The van der Waals surface area contributed by atoms with Gasteiger partial charge in [0.25, 0.3) is 0 Å². The number of methoxy groups -OCH3 is 1. The number of carbonyl (C=O) groups is 1. The molecule has 0 amide bonds. The van der Waals surface area contributed by atoms with Crippen molar-refractivity contribution in [2.75, 3.05) is 26.8 Å². The van der Waals surface area contributed by atoms with E-state index in [0.29, 0.717) is 5.92 Å². The predicted octanol–water partition coefficient (Wildman–Crippen LogP) is 3.11. The Bertz CT molecular complexity index is 515. The third-order valence-electron chi connectivity index (χ3n) is 4.12. The first-order chi connectivity index (χ1) is 10.4. The minimum Gasteiger partial charge on any atom is -0.493 e. The molecular formula is C18H27NO3. The molecule has 1 aromatic rings. The van der Waals surface area contributed by atoms with Crippen LogP contribution >= 0.6 is 0 Å². The molecule has 0 aromatic heterocycles. The highest BCUT2D eigenvalue weighted by Gasteiger charge is 2.41. The number of esters is 1. The Morgan fingerprint density at radius 3 is 2.86 bits per heavy atom. The Kier molecular flexibility index (Phi) is 5.46. The Labute approximate surface area is 133 Å². The van der Waals surface area contributed by atoms with Crippen LogP contribution in [0.5, 0.6) is 5.75 Å². The summed E-state index contributed by atoms with van der Waals surface area (Å²) in [7, 11) is 1.46. The van der Waals surface area contributed by atoms with Gasteiger partial charge in [-0.15, -0.1) is 0 Å². The van der Waals surface area contributed by atoms with Crippen molar-refractivity contribution in [3.63, 3.8) is 0 Å². The number of rotatable bonds is 6. The molecule has 0 N–H and O–H groups in total. The lowest BCUT2D eigenvalue weighted by Crippen LogP contribution is -2.32. The molecule has 0 radical (unpaired) electrons. The molecule has 4 nitrogen and oxygen atoms in total. The lowest BCUT2D eigenvalue weighted by molar-refractivity contribution is -0.151. The summed E-state index contributed by atoms with van der Waals surface area (Å²) in [6, 6.07) is 8.22. The number of benzene rings is 1. The molecule has 0 spiro atoms. The van der Waals surface area contributed by atoms with Crippen LogP contribution in [0.25, 0.3) is 0 Å². The van der Waals surface area contributed by atoms with Gasteiger partial charge in [-0.1, -0.05) is 26.0 Å². The lowest BCUT2D eigenvalue weighted by atomic mass is 9.90. The molecule has 122 valence electrons. The zero-order valence-electron chi connectivity index (χ0n) is 14.1. The Balaban J connectivity index is 1.94. The third kappa shape index (κ3) is 4.23. The molecule has 1 aromatic carbocycles. The number of nitrogens with zero attached hydrogens (tertiary/aromatic N) is 1. The summed E-state index contributed by atoms with van der Waals surface area (Å²) in [4.78, 5) is 14.2. The summed E-state index contributed by atoms with van der Waals surface area (Å²) in [5, 5.41) is 0. The SMILES string of the molecule is COC(=O)C1(C)CCN(Cc2cccc(OCC(C)C)c2)C1. The molecule has 1 heterocycles. The van der Waals surface area contributed by atoms with Crippen LogP contribution in [0.2, 0.25) is 0 Å². The van der Waals surface area contributed by atoms with Crippen LogP contribution in [-0.2, 0) is 16.1 Å². The van der Waals surface area contributed by atoms with Crippen LogP contribution in [-0.4, -0.2) is 37.7 Å². The minimum absolute atomic E-state index is 0.107. The van der Waals surface area contributed by atoms with Crippen molar-refractivity contribution < 1.29 is 14.3 Å². The van der Waals surface area contributed by atoms with E-state index < -0.39 is 0 Å². The van der Waals surface area contributed by atoms with Crippen molar-refractivity contribution in [2.24, 2.45) is 11.3 Å². The molecule has 1 saturated heterocycles. The minimum atomic E-state index is -0.375. The second kappa shape index (κ2) is 7.14. The van der Waals surface area contributed by atoms with E-state index in [-0.39, 0.29) is 11.4 Å². The lowest BCUT2D eigenvalue weighted by Gasteiger charge is -2.22. The first-order valence-corrected chi connectivity index (χ1v) is 7.95. The van der Waals surface area contributed by atoms with E-state index in [2.05, 4.69) is 30.9 Å². The average Bonchev–Trinajstić information content (AvgIpc) is 2.87. The number of likely N-dealkylation sites (tertiary alicyclic amines) is 1. The van der Waals surface area contributed by atoms with E-state index in [1.165, 1.54) is 12.7 Å². The van der Waals surface area contributed by atoms with E-state index in [9.17, 15) is 4.79 Å². The molecule has 1 fully saturated rings. The third-order valence-corrected chi connectivity index (χ3v) is 4.12. The van der Waals surface area contributed by atoms with E-state index in [0.717, 1.165) is 38.4 Å². The highest BCUT2D eigenvalue weighted by Crippen LogP contribution is 2.32. The van der Waals surface area contributed by atoms with Gasteiger partial charge < -0.3 is 9.47 Å². The number of ether oxygens (including phenoxy) is 2. The summed E-state index contributed by atoms with van der Waals surface area (Å²) in [5.74, 6) is 1.33. The first-order valence-electron chi connectivity index (χ1n) is 7.95. The van der Waals surface area contributed by atoms with Crippen LogP contribution in [0.15, 0.2) is 24.3 Å². The Morgan fingerprint density at radius 1 is 1.41 bits per heavy atom. The number of carbonyl (C=O) groups excluding carboxylic acids is 1. The highest BCUT2D eigenvalue weighted by atomic mass is 16.5. The summed E-state index contributed by atoms with van der Waals surface area (Å²) >= 11 is 0. The van der Waals surface area contributed by atoms with Crippen LogP contribution in [0.3, 0.4) is 0 Å². The molecule has 0 aliphatic carbocycles. The highest BCUT2D eigenvalue weighted by molar-refractivity contribution is 5.77. The maximum absolute atomic E-state index is 11.9. The van der Waals surface area contributed by atoms with Gasteiger partial charge in [0.1, 0.15) is 5.75 Å². The molecule has 0 bridgehead atoms. The second-order valence-corrected chi connectivity index (χ2v) is 6.87. The van der Waals surface area contributed by atoms with Crippen LogP contribution in [0.4, 0.5) is 0 Å². The van der Waals surface area contributed by atoms with E-state index >= 15 is 0 Å². The molecule has 1 unspecified atom stereocenters. The molecule has 1 aliphatic heterocycles. The summed E-state index contributed by atoms with van der Waals surface area (Å²) in [6.07, 6.45) is 0.850. The summed E-state index contributed by atoms with van der Waals surface area (Å²) in [5.41, 5.74) is 0.843. The smallest absolute Gasteiger partial charge is 0.312 e. The van der Waals surface area contributed by atoms with Gasteiger partial charge in [-0.05, 0) is 43.5 Å². The zero-order chi connectivity index (χ0) is 16.2. The van der Waals surface area contributed by atoms with Gasteiger partial charge >= 0.3 is 5.97 Å². The van der Waals surface area contributed by atoms with Gasteiger partial charge in [0.2, 0.25) is 0 Å².